The highest BCUT2D eigenvalue weighted by Crippen LogP contribution is 2.16. The van der Waals surface area contributed by atoms with Crippen LogP contribution in [-0.2, 0) is 0 Å². The molecule has 3 aromatic rings. The summed E-state index contributed by atoms with van der Waals surface area (Å²) in [5.74, 6) is 0.136. The van der Waals surface area contributed by atoms with Gasteiger partial charge in [-0.2, -0.15) is 0 Å². The molecular weight excluding hydrogens is 322 g/mol. The van der Waals surface area contributed by atoms with Gasteiger partial charge < -0.3 is 10.6 Å². The Balaban J connectivity index is 1.67. The van der Waals surface area contributed by atoms with Gasteiger partial charge in [-0.1, -0.05) is 12.1 Å². The molecule has 5 nitrogen and oxygen atoms in total. The Labute approximate surface area is 143 Å². The summed E-state index contributed by atoms with van der Waals surface area (Å²) in [6.45, 7) is 1.88. The van der Waals surface area contributed by atoms with Crippen LogP contribution in [0.1, 0.15) is 25.6 Å². The lowest BCUT2D eigenvalue weighted by atomic mass is 10.2. The average Bonchev–Trinajstić information content (AvgIpc) is 3.12. The Morgan fingerprint density at radius 2 is 1.75 bits per heavy atom. The molecule has 3 rings (SSSR count). The lowest BCUT2D eigenvalue weighted by molar-refractivity contribution is 0.102. The monoisotopic (exact) mass is 337 g/mol. The second-order valence-electron chi connectivity index (χ2n) is 5.13. The topological polar surface area (TPSA) is 71.1 Å². The molecule has 0 saturated carbocycles. The van der Waals surface area contributed by atoms with Crippen LogP contribution in [0.3, 0.4) is 0 Å². The van der Waals surface area contributed by atoms with Crippen LogP contribution in [0.2, 0.25) is 0 Å². The lowest BCUT2D eigenvalue weighted by Gasteiger charge is -2.08. The van der Waals surface area contributed by atoms with Gasteiger partial charge in [0.05, 0.1) is 4.88 Å². The van der Waals surface area contributed by atoms with Crippen molar-refractivity contribution in [3.63, 3.8) is 0 Å². The highest BCUT2D eigenvalue weighted by atomic mass is 32.1. The molecule has 24 heavy (non-hydrogen) atoms. The molecule has 2 amide bonds. The maximum atomic E-state index is 12.2. The number of carbonyl (C=O) groups excluding carboxylic acids is 2. The minimum Gasteiger partial charge on any atom is -0.321 e. The van der Waals surface area contributed by atoms with Crippen molar-refractivity contribution in [2.75, 3.05) is 10.6 Å². The van der Waals surface area contributed by atoms with Crippen LogP contribution >= 0.6 is 11.3 Å². The largest absolute Gasteiger partial charge is 0.321 e. The summed E-state index contributed by atoms with van der Waals surface area (Å²) in [5, 5.41) is 7.42. The van der Waals surface area contributed by atoms with Crippen LogP contribution in [0, 0.1) is 6.92 Å². The van der Waals surface area contributed by atoms with E-state index in [0.717, 1.165) is 5.56 Å². The zero-order valence-electron chi connectivity index (χ0n) is 12.9. The van der Waals surface area contributed by atoms with E-state index in [1.54, 1.807) is 36.5 Å². The smallest absolute Gasteiger partial charge is 0.265 e. The Hall–Kier alpha value is -2.99. The Kier molecular flexibility index (Phi) is 4.67. The zero-order chi connectivity index (χ0) is 16.9. The summed E-state index contributed by atoms with van der Waals surface area (Å²) in [6, 6.07) is 14.0. The molecule has 0 bridgehead atoms. The number of carbonyl (C=O) groups is 2. The standard InChI is InChI=1S/C18H15N3O2S/c1-12-4-2-10-19-16(12)21-17(22)13-6-8-14(9-7-13)20-18(23)15-5-3-11-24-15/h2-11H,1H3,(H,20,23)(H,19,21,22). The van der Waals surface area contributed by atoms with E-state index in [0.29, 0.717) is 21.9 Å². The maximum Gasteiger partial charge on any atom is 0.265 e. The van der Waals surface area contributed by atoms with Crippen molar-refractivity contribution in [3.8, 4) is 0 Å². The predicted octanol–water partition coefficient (Wildman–Crippen LogP) is 3.96. The van der Waals surface area contributed by atoms with Crippen LogP contribution in [0.25, 0.3) is 0 Å². The number of aromatic nitrogens is 1. The summed E-state index contributed by atoms with van der Waals surface area (Å²) in [6.07, 6.45) is 1.63. The number of nitrogens with one attached hydrogen (secondary N) is 2. The first-order chi connectivity index (χ1) is 11.6. The first kappa shape index (κ1) is 15.9. The summed E-state index contributed by atoms with van der Waals surface area (Å²) >= 11 is 1.38. The SMILES string of the molecule is Cc1cccnc1NC(=O)c1ccc(NC(=O)c2cccs2)cc1. The second kappa shape index (κ2) is 7.06. The number of thiophene rings is 1. The Morgan fingerprint density at radius 3 is 2.42 bits per heavy atom. The molecule has 2 heterocycles. The molecule has 0 radical (unpaired) electrons. The third kappa shape index (κ3) is 3.67. The van der Waals surface area contributed by atoms with Gasteiger partial charge in [-0.05, 0) is 54.3 Å². The van der Waals surface area contributed by atoms with E-state index >= 15 is 0 Å². The van der Waals surface area contributed by atoms with Gasteiger partial charge in [-0.3, -0.25) is 9.59 Å². The first-order valence-corrected chi connectivity index (χ1v) is 8.19. The fraction of sp³-hybridized carbons (Fsp3) is 0.0556. The number of rotatable bonds is 4. The fourth-order valence-electron chi connectivity index (χ4n) is 2.10. The number of amides is 2. The Bertz CT molecular complexity index is 858. The molecule has 1 aromatic carbocycles. The zero-order valence-corrected chi connectivity index (χ0v) is 13.8. The molecule has 2 N–H and O–H groups in total. The molecule has 120 valence electrons. The second-order valence-corrected chi connectivity index (χ2v) is 6.08. The fourth-order valence-corrected chi connectivity index (χ4v) is 2.72. The van der Waals surface area contributed by atoms with Gasteiger partial charge >= 0.3 is 0 Å². The van der Waals surface area contributed by atoms with E-state index in [4.69, 9.17) is 0 Å². The van der Waals surface area contributed by atoms with Crippen LogP contribution in [0.15, 0.2) is 60.1 Å². The summed E-state index contributed by atoms with van der Waals surface area (Å²) in [7, 11) is 0. The Morgan fingerprint density at radius 1 is 0.958 bits per heavy atom. The van der Waals surface area contributed by atoms with E-state index in [-0.39, 0.29) is 11.8 Å². The lowest BCUT2D eigenvalue weighted by Crippen LogP contribution is -2.14. The number of hydrogen-bond donors (Lipinski definition) is 2. The van der Waals surface area contributed by atoms with Crippen molar-refractivity contribution in [1.29, 1.82) is 0 Å². The molecule has 0 fully saturated rings. The number of pyridine rings is 1. The van der Waals surface area contributed by atoms with E-state index in [9.17, 15) is 9.59 Å². The molecule has 0 aliphatic rings. The number of hydrogen-bond acceptors (Lipinski definition) is 4. The molecule has 0 atom stereocenters. The molecule has 0 aliphatic carbocycles. The van der Waals surface area contributed by atoms with Crippen LogP contribution in [0.5, 0.6) is 0 Å². The van der Waals surface area contributed by atoms with E-state index < -0.39 is 0 Å². The predicted molar refractivity (Wildman–Crippen MR) is 95.6 cm³/mol. The highest BCUT2D eigenvalue weighted by Gasteiger charge is 2.10. The number of nitrogens with zero attached hydrogens (tertiary/aromatic N) is 1. The third-order valence-corrected chi connectivity index (χ3v) is 4.26. The van der Waals surface area contributed by atoms with E-state index in [1.165, 1.54) is 11.3 Å². The van der Waals surface area contributed by atoms with Gasteiger partial charge in [0.2, 0.25) is 0 Å². The minimum absolute atomic E-state index is 0.161. The van der Waals surface area contributed by atoms with E-state index in [1.807, 2.05) is 30.5 Å². The normalized spacial score (nSPS) is 10.2. The van der Waals surface area contributed by atoms with Crippen molar-refractivity contribution in [2.45, 2.75) is 6.92 Å². The number of benzene rings is 1. The summed E-state index contributed by atoms with van der Waals surface area (Å²) in [4.78, 5) is 29.0. The van der Waals surface area contributed by atoms with Crippen LogP contribution < -0.4 is 10.6 Å². The van der Waals surface area contributed by atoms with Crippen LogP contribution in [-0.4, -0.2) is 16.8 Å². The maximum absolute atomic E-state index is 12.2. The minimum atomic E-state index is -0.243. The molecule has 2 aromatic heterocycles. The van der Waals surface area contributed by atoms with Gasteiger partial charge in [-0.25, -0.2) is 4.98 Å². The molecule has 0 aliphatic heterocycles. The van der Waals surface area contributed by atoms with Crippen molar-refractivity contribution < 1.29 is 9.59 Å². The van der Waals surface area contributed by atoms with Gasteiger partial charge in [0, 0.05) is 17.4 Å². The molecular formula is C18H15N3O2S. The molecule has 6 heteroatoms. The number of aryl methyl sites for hydroxylation is 1. The van der Waals surface area contributed by atoms with Gasteiger partial charge in [0.25, 0.3) is 11.8 Å². The third-order valence-electron chi connectivity index (χ3n) is 3.39. The van der Waals surface area contributed by atoms with Gasteiger partial charge in [-0.15, -0.1) is 11.3 Å². The van der Waals surface area contributed by atoms with Gasteiger partial charge in [0.1, 0.15) is 5.82 Å². The molecule has 0 unspecified atom stereocenters. The van der Waals surface area contributed by atoms with Crippen molar-refractivity contribution in [1.82, 2.24) is 4.98 Å². The highest BCUT2D eigenvalue weighted by molar-refractivity contribution is 7.12. The summed E-state index contributed by atoms with van der Waals surface area (Å²) in [5.41, 5.74) is 2.03. The van der Waals surface area contributed by atoms with Crippen LogP contribution in [0.4, 0.5) is 11.5 Å². The van der Waals surface area contributed by atoms with Gasteiger partial charge in [0.15, 0.2) is 0 Å². The molecule has 0 spiro atoms. The molecule has 0 saturated heterocycles. The average molecular weight is 337 g/mol. The number of anilines is 2. The first-order valence-electron chi connectivity index (χ1n) is 7.31. The van der Waals surface area contributed by atoms with Crippen molar-refractivity contribution >= 4 is 34.7 Å². The van der Waals surface area contributed by atoms with E-state index in [2.05, 4.69) is 15.6 Å². The quantitative estimate of drug-likeness (QED) is 0.757. The van der Waals surface area contributed by atoms with Crippen molar-refractivity contribution in [3.05, 3.63) is 76.1 Å². The summed E-state index contributed by atoms with van der Waals surface area (Å²) < 4.78 is 0. The van der Waals surface area contributed by atoms with Crippen molar-refractivity contribution in [2.24, 2.45) is 0 Å².